The van der Waals surface area contributed by atoms with Gasteiger partial charge in [0.25, 0.3) is 6.47 Å². The minimum absolute atomic E-state index is 0.117. The van der Waals surface area contributed by atoms with Gasteiger partial charge in [-0.2, -0.15) is 0 Å². The van der Waals surface area contributed by atoms with Crippen LogP contribution in [0.1, 0.15) is 103 Å². The van der Waals surface area contributed by atoms with E-state index in [1.807, 2.05) is 0 Å². The Bertz CT molecular complexity index is 473. The van der Waals surface area contributed by atoms with Gasteiger partial charge in [-0.3, -0.25) is 4.79 Å². The Morgan fingerprint density at radius 2 is 1.31 bits per heavy atom. The first-order valence-electron chi connectivity index (χ1n) is 12.9. The first-order chi connectivity index (χ1) is 14.0. The maximum atomic E-state index is 11.4. The van der Waals surface area contributed by atoms with Gasteiger partial charge >= 0.3 is 0 Å². The van der Waals surface area contributed by atoms with Gasteiger partial charge in [0.1, 0.15) is 5.60 Å². The van der Waals surface area contributed by atoms with E-state index >= 15 is 0 Å². The highest BCUT2D eigenvalue weighted by molar-refractivity contribution is 5.39. The van der Waals surface area contributed by atoms with E-state index in [1.165, 1.54) is 103 Å². The summed E-state index contributed by atoms with van der Waals surface area (Å²) in [6.07, 6.45) is 20.2. The molecule has 0 aromatic rings. The Kier molecular flexibility index (Phi) is 8.48. The molecule has 0 N–H and O–H groups in total. The SMILES string of the molecule is CCCCCCCCCC[N+](C)(C)CCCC1(OC=O)C2CC3CC(C2)CC1C3. The molecule has 4 bridgehead atoms. The van der Waals surface area contributed by atoms with E-state index in [0.29, 0.717) is 11.8 Å². The molecule has 3 heteroatoms. The quantitative estimate of drug-likeness (QED) is 0.180. The molecule has 0 saturated heterocycles. The molecule has 4 aliphatic carbocycles. The van der Waals surface area contributed by atoms with Crippen LogP contribution in [0.25, 0.3) is 0 Å². The number of carbonyl (C=O) groups is 1. The minimum atomic E-state index is -0.117. The molecule has 0 aromatic carbocycles. The van der Waals surface area contributed by atoms with Crippen LogP contribution in [0.15, 0.2) is 0 Å². The summed E-state index contributed by atoms with van der Waals surface area (Å²) >= 11 is 0. The van der Waals surface area contributed by atoms with Crippen LogP contribution in [0.3, 0.4) is 0 Å². The molecule has 0 radical (unpaired) electrons. The van der Waals surface area contributed by atoms with E-state index in [9.17, 15) is 4.79 Å². The molecular weight excluding hydrogens is 358 g/mol. The minimum Gasteiger partial charge on any atom is -0.461 e. The molecule has 3 nitrogen and oxygen atoms in total. The van der Waals surface area contributed by atoms with Crippen molar-refractivity contribution in [1.82, 2.24) is 0 Å². The highest BCUT2D eigenvalue weighted by Gasteiger charge is 2.58. The summed E-state index contributed by atoms with van der Waals surface area (Å²) in [7, 11) is 4.79. The Balaban J connectivity index is 1.38. The molecule has 4 saturated carbocycles. The Morgan fingerprint density at radius 1 is 0.793 bits per heavy atom. The average Bonchev–Trinajstić information content (AvgIpc) is 2.67. The van der Waals surface area contributed by atoms with Crippen LogP contribution >= 0.6 is 0 Å². The summed E-state index contributed by atoms with van der Waals surface area (Å²) in [4.78, 5) is 11.4. The molecule has 0 amide bonds. The molecule has 0 heterocycles. The molecule has 0 atom stereocenters. The van der Waals surface area contributed by atoms with Crippen molar-refractivity contribution in [3.8, 4) is 0 Å². The van der Waals surface area contributed by atoms with Gasteiger partial charge in [-0.1, -0.05) is 45.4 Å². The standard InChI is InChI=1S/C26H48NO2/c1-4-5-6-7-8-9-10-11-14-27(2,3)15-12-13-26(29-21-28)24-17-22-16-23(19-24)20-25(26)18-22/h21-25H,4-20H2,1-3H3/q+1. The molecule has 0 spiro atoms. The largest absolute Gasteiger partial charge is 0.461 e. The molecule has 29 heavy (non-hydrogen) atoms. The third-order valence-electron chi connectivity index (χ3n) is 8.74. The van der Waals surface area contributed by atoms with Gasteiger partial charge in [0, 0.05) is 6.42 Å². The number of hydrogen-bond acceptors (Lipinski definition) is 2. The molecular formula is C26H48NO2+. The Labute approximate surface area is 180 Å². The van der Waals surface area contributed by atoms with E-state index in [0.717, 1.165) is 29.2 Å². The first-order valence-corrected chi connectivity index (χ1v) is 12.9. The third kappa shape index (κ3) is 5.99. The molecule has 0 unspecified atom stereocenters. The fourth-order valence-electron chi connectivity index (χ4n) is 7.30. The first kappa shape index (κ1) is 23.1. The molecule has 0 aliphatic heterocycles. The lowest BCUT2D eigenvalue weighted by molar-refractivity contribution is -0.890. The second-order valence-corrected chi connectivity index (χ2v) is 11.4. The molecule has 4 fully saturated rings. The number of ether oxygens (including phenoxy) is 1. The second-order valence-electron chi connectivity index (χ2n) is 11.4. The molecule has 0 aromatic heterocycles. The summed E-state index contributed by atoms with van der Waals surface area (Å²) < 4.78 is 7.11. The van der Waals surface area contributed by atoms with Crippen molar-refractivity contribution in [3.05, 3.63) is 0 Å². The van der Waals surface area contributed by atoms with Crippen molar-refractivity contribution in [2.75, 3.05) is 27.2 Å². The smallest absolute Gasteiger partial charge is 0.293 e. The predicted octanol–water partition coefficient (Wildman–Crippen LogP) is 6.35. The Hall–Kier alpha value is -0.570. The Morgan fingerprint density at radius 3 is 1.86 bits per heavy atom. The third-order valence-corrected chi connectivity index (χ3v) is 8.74. The van der Waals surface area contributed by atoms with Gasteiger partial charge in [0.05, 0.1) is 27.2 Å². The molecule has 4 aliphatic rings. The highest BCUT2D eigenvalue weighted by Crippen LogP contribution is 2.60. The van der Waals surface area contributed by atoms with Gasteiger partial charge in [-0.15, -0.1) is 0 Å². The maximum absolute atomic E-state index is 11.4. The van der Waals surface area contributed by atoms with E-state index in [1.54, 1.807) is 0 Å². The fourth-order valence-corrected chi connectivity index (χ4v) is 7.30. The van der Waals surface area contributed by atoms with Crippen LogP contribution < -0.4 is 0 Å². The van der Waals surface area contributed by atoms with Gasteiger partial charge in [0.2, 0.25) is 0 Å². The normalized spacial score (nSPS) is 33.2. The zero-order valence-electron chi connectivity index (χ0n) is 19.7. The number of rotatable bonds is 15. The van der Waals surface area contributed by atoms with Crippen LogP contribution in [-0.4, -0.2) is 43.7 Å². The average molecular weight is 407 g/mol. The van der Waals surface area contributed by atoms with Gasteiger partial charge in [-0.25, -0.2) is 0 Å². The monoisotopic (exact) mass is 406 g/mol. The topological polar surface area (TPSA) is 26.3 Å². The number of unbranched alkanes of at least 4 members (excludes halogenated alkanes) is 7. The van der Waals surface area contributed by atoms with Gasteiger partial charge < -0.3 is 9.22 Å². The van der Waals surface area contributed by atoms with Crippen LogP contribution in [-0.2, 0) is 9.53 Å². The lowest BCUT2D eigenvalue weighted by Gasteiger charge is -2.60. The maximum Gasteiger partial charge on any atom is 0.293 e. The highest BCUT2D eigenvalue weighted by atomic mass is 16.5. The van der Waals surface area contributed by atoms with Crippen LogP contribution in [0.2, 0.25) is 0 Å². The van der Waals surface area contributed by atoms with Crippen molar-refractivity contribution >= 4 is 6.47 Å². The van der Waals surface area contributed by atoms with Gasteiger partial charge in [-0.05, 0) is 75.0 Å². The van der Waals surface area contributed by atoms with Crippen molar-refractivity contribution in [2.24, 2.45) is 23.7 Å². The van der Waals surface area contributed by atoms with E-state index in [2.05, 4.69) is 21.0 Å². The lowest BCUT2D eigenvalue weighted by atomic mass is 9.49. The summed E-state index contributed by atoms with van der Waals surface area (Å²) in [5.74, 6) is 3.14. The number of carbonyl (C=O) groups excluding carboxylic acids is 1. The van der Waals surface area contributed by atoms with Crippen LogP contribution in [0, 0.1) is 23.7 Å². The van der Waals surface area contributed by atoms with Crippen LogP contribution in [0.4, 0.5) is 0 Å². The lowest BCUT2D eigenvalue weighted by Crippen LogP contribution is -2.59. The number of quaternary nitrogens is 1. The number of hydrogen-bond donors (Lipinski definition) is 0. The molecule has 4 rings (SSSR count). The van der Waals surface area contributed by atoms with Crippen molar-refractivity contribution in [3.63, 3.8) is 0 Å². The summed E-state index contributed by atoms with van der Waals surface area (Å²) in [6.45, 7) is 5.57. The van der Waals surface area contributed by atoms with Crippen LogP contribution in [0.5, 0.6) is 0 Å². The predicted molar refractivity (Wildman–Crippen MR) is 121 cm³/mol. The van der Waals surface area contributed by atoms with Crippen molar-refractivity contribution in [2.45, 2.75) is 109 Å². The van der Waals surface area contributed by atoms with Crippen molar-refractivity contribution in [1.29, 1.82) is 0 Å². The van der Waals surface area contributed by atoms with E-state index in [-0.39, 0.29) is 5.60 Å². The van der Waals surface area contributed by atoms with E-state index in [4.69, 9.17) is 4.74 Å². The zero-order valence-corrected chi connectivity index (χ0v) is 19.7. The number of nitrogens with zero attached hydrogens (tertiary/aromatic N) is 1. The molecule has 168 valence electrons. The van der Waals surface area contributed by atoms with Gasteiger partial charge in [0.15, 0.2) is 0 Å². The summed E-state index contributed by atoms with van der Waals surface area (Å²) in [5.41, 5.74) is -0.117. The van der Waals surface area contributed by atoms with Crippen molar-refractivity contribution < 1.29 is 14.0 Å². The summed E-state index contributed by atoms with van der Waals surface area (Å²) in [5, 5.41) is 0. The second kappa shape index (κ2) is 10.6. The zero-order chi connectivity index (χ0) is 20.7. The fraction of sp³-hybridized carbons (Fsp3) is 0.962. The van der Waals surface area contributed by atoms with E-state index < -0.39 is 0 Å². The summed E-state index contributed by atoms with van der Waals surface area (Å²) in [6, 6.07) is 0.